The van der Waals surface area contributed by atoms with Crippen molar-refractivity contribution in [2.24, 2.45) is 0 Å². The van der Waals surface area contributed by atoms with Crippen LogP contribution in [0.3, 0.4) is 0 Å². The number of pyridine rings is 1. The molecule has 2 aromatic carbocycles. The summed E-state index contributed by atoms with van der Waals surface area (Å²) in [6.07, 6.45) is 2.37. The van der Waals surface area contributed by atoms with Gasteiger partial charge in [0.1, 0.15) is 17.6 Å². The third kappa shape index (κ3) is 3.49. The lowest BCUT2D eigenvalue weighted by molar-refractivity contribution is 0.102. The van der Waals surface area contributed by atoms with Gasteiger partial charge < -0.3 is 19.5 Å². The van der Waals surface area contributed by atoms with E-state index in [0.29, 0.717) is 28.6 Å². The molecular formula is C22H20N2O4. The Labute approximate surface area is 163 Å². The number of ether oxygens (including phenoxy) is 3. The number of benzene rings is 2. The van der Waals surface area contributed by atoms with E-state index in [1.165, 1.54) is 7.11 Å². The van der Waals surface area contributed by atoms with Crippen LogP contribution in [-0.4, -0.2) is 25.1 Å². The van der Waals surface area contributed by atoms with Gasteiger partial charge in [-0.25, -0.2) is 4.98 Å². The van der Waals surface area contributed by atoms with Gasteiger partial charge in [-0.3, -0.25) is 4.79 Å². The van der Waals surface area contributed by atoms with Crippen molar-refractivity contribution < 1.29 is 19.0 Å². The predicted octanol–water partition coefficient (Wildman–Crippen LogP) is 4.03. The summed E-state index contributed by atoms with van der Waals surface area (Å²) in [5.41, 5.74) is 3.19. The van der Waals surface area contributed by atoms with Crippen LogP contribution in [0.25, 0.3) is 0 Å². The van der Waals surface area contributed by atoms with E-state index >= 15 is 0 Å². The third-order valence-corrected chi connectivity index (χ3v) is 4.68. The second kappa shape index (κ2) is 7.60. The standard InChI is InChI=1S/C22H20N2O4/c1-26-17-8-9-18(20(13-17)27-2)21(25)24-16-7-3-5-14(11-16)19-12-15-6-4-10-23-22(15)28-19/h3-11,13,19H,12H2,1-2H3,(H,24,25). The zero-order valence-electron chi connectivity index (χ0n) is 15.6. The number of carbonyl (C=O) groups excluding carboxylic acids is 1. The van der Waals surface area contributed by atoms with Crippen LogP contribution in [0.5, 0.6) is 17.4 Å². The second-order valence-electron chi connectivity index (χ2n) is 6.42. The number of anilines is 1. The zero-order chi connectivity index (χ0) is 19.5. The summed E-state index contributed by atoms with van der Waals surface area (Å²) in [7, 11) is 3.09. The quantitative estimate of drug-likeness (QED) is 0.728. The fourth-order valence-corrected chi connectivity index (χ4v) is 3.25. The van der Waals surface area contributed by atoms with Crippen molar-refractivity contribution >= 4 is 11.6 Å². The molecule has 6 nitrogen and oxygen atoms in total. The summed E-state index contributed by atoms with van der Waals surface area (Å²) >= 11 is 0. The number of nitrogens with zero attached hydrogens (tertiary/aromatic N) is 1. The molecule has 0 radical (unpaired) electrons. The molecule has 1 aliphatic rings. The number of nitrogens with one attached hydrogen (secondary N) is 1. The highest BCUT2D eigenvalue weighted by molar-refractivity contribution is 6.06. The lowest BCUT2D eigenvalue weighted by Crippen LogP contribution is -2.14. The smallest absolute Gasteiger partial charge is 0.259 e. The first-order chi connectivity index (χ1) is 13.7. The Balaban J connectivity index is 1.52. The molecule has 1 aliphatic heterocycles. The average molecular weight is 376 g/mol. The van der Waals surface area contributed by atoms with Crippen molar-refractivity contribution in [3.05, 3.63) is 77.5 Å². The molecule has 1 aromatic heterocycles. The van der Waals surface area contributed by atoms with E-state index in [1.807, 2.05) is 36.4 Å². The lowest BCUT2D eigenvalue weighted by atomic mass is 10.0. The molecule has 0 aliphatic carbocycles. The molecule has 1 atom stereocenters. The number of hydrogen-bond donors (Lipinski definition) is 1. The lowest BCUT2D eigenvalue weighted by Gasteiger charge is -2.14. The molecule has 1 unspecified atom stereocenters. The number of aromatic nitrogens is 1. The van der Waals surface area contributed by atoms with Gasteiger partial charge in [0.25, 0.3) is 5.91 Å². The molecule has 0 saturated heterocycles. The third-order valence-electron chi connectivity index (χ3n) is 4.68. The van der Waals surface area contributed by atoms with E-state index in [2.05, 4.69) is 10.3 Å². The number of amides is 1. The predicted molar refractivity (Wildman–Crippen MR) is 105 cm³/mol. The molecule has 1 amide bonds. The van der Waals surface area contributed by atoms with E-state index in [1.54, 1.807) is 31.5 Å². The van der Waals surface area contributed by atoms with Gasteiger partial charge in [-0.1, -0.05) is 18.2 Å². The Morgan fingerprint density at radius 1 is 1.11 bits per heavy atom. The van der Waals surface area contributed by atoms with Crippen LogP contribution in [0.15, 0.2) is 60.8 Å². The number of fused-ring (bicyclic) bond motifs is 1. The highest BCUT2D eigenvalue weighted by Gasteiger charge is 2.25. The van der Waals surface area contributed by atoms with Gasteiger partial charge >= 0.3 is 0 Å². The van der Waals surface area contributed by atoms with Gasteiger partial charge in [0, 0.05) is 29.9 Å². The molecule has 4 rings (SSSR count). The van der Waals surface area contributed by atoms with Crippen LogP contribution >= 0.6 is 0 Å². The molecular weight excluding hydrogens is 356 g/mol. The number of methoxy groups -OCH3 is 2. The molecule has 2 heterocycles. The molecule has 0 fully saturated rings. The number of hydrogen-bond acceptors (Lipinski definition) is 5. The van der Waals surface area contributed by atoms with Crippen LogP contribution in [0, 0.1) is 0 Å². The Morgan fingerprint density at radius 3 is 2.79 bits per heavy atom. The van der Waals surface area contributed by atoms with Crippen LogP contribution in [0.4, 0.5) is 5.69 Å². The van der Waals surface area contributed by atoms with Gasteiger partial charge in [0.05, 0.1) is 19.8 Å². The molecule has 0 bridgehead atoms. The largest absolute Gasteiger partial charge is 0.497 e. The zero-order valence-corrected chi connectivity index (χ0v) is 15.6. The maximum Gasteiger partial charge on any atom is 0.259 e. The maximum absolute atomic E-state index is 12.7. The van der Waals surface area contributed by atoms with Crippen LogP contribution in [0.1, 0.15) is 27.6 Å². The van der Waals surface area contributed by atoms with Crippen LogP contribution in [0.2, 0.25) is 0 Å². The minimum atomic E-state index is -0.256. The fourth-order valence-electron chi connectivity index (χ4n) is 3.25. The van der Waals surface area contributed by atoms with Gasteiger partial charge in [0.2, 0.25) is 5.88 Å². The van der Waals surface area contributed by atoms with Gasteiger partial charge in [0.15, 0.2) is 0 Å². The summed E-state index contributed by atoms with van der Waals surface area (Å²) in [5.74, 6) is 1.49. The van der Waals surface area contributed by atoms with Gasteiger partial charge in [-0.2, -0.15) is 0 Å². The number of carbonyl (C=O) groups is 1. The van der Waals surface area contributed by atoms with Crippen molar-refractivity contribution in [2.45, 2.75) is 12.5 Å². The molecule has 0 saturated carbocycles. The topological polar surface area (TPSA) is 69.7 Å². The molecule has 3 aromatic rings. The minimum absolute atomic E-state index is 0.114. The second-order valence-corrected chi connectivity index (χ2v) is 6.42. The highest BCUT2D eigenvalue weighted by atomic mass is 16.5. The van der Waals surface area contributed by atoms with Crippen molar-refractivity contribution in [1.29, 1.82) is 0 Å². The van der Waals surface area contributed by atoms with Crippen molar-refractivity contribution in [3.63, 3.8) is 0 Å². The first-order valence-corrected chi connectivity index (χ1v) is 8.92. The Kier molecular flexibility index (Phi) is 4.85. The molecule has 0 spiro atoms. The van der Waals surface area contributed by atoms with E-state index in [-0.39, 0.29) is 12.0 Å². The Morgan fingerprint density at radius 2 is 2.00 bits per heavy atom. The Hall–Kier alpha value is -3.54. The maximum atomic E-state index is 12.7. The minimum Gasteiger partial charge on any atom is -0.497 e. The summed E-state index contributed by atoms with van der Waals surface area (Å²) in [4.78, 5) is 17.0. The first kappa shape index (κ1) is 17.9. The molecule has 142 valence electrons. The molecule has 1 N–H and O–H groups in total. The summed E-state index contributed by atoms with van der Waals surface area (Å²) in [5, 5.41) is 2.92. The van der Waals surface area contributed by atoms with Crippen molar-refractivity contribution in [1.82, 2.24) is 4.98 Å². The monoisotopic (exact) mass is 376 g/mol. The Bertz CT molecular complexity index is 994. The van der Waals surface area contributed by atoms with Crippen LogP contribution in [-0.2, 0) is 6.42 Å². The van der Waals surface area contributed by atoms with Crippen molar-refractivity contribution in [2.75, 3.05) is 19.5 Å². The van der Waals surface area contributed by atoms with Gasteiger partial charge in [-0.15, -0.1) is 0 Å². The van der Waals surface area contributed by atoms with E-state index in [0.717, 1.165) is 17.5 Å². The fraction of sp³-hybridized carbons (Fsp3) is 0.182. The van der Waals surface area contributed by atoms with E-state index < -0.39 is 0 Å². The highest BCUT2D eigenvalue weighted by Crippen LogP contribution is 2.35. The van der Waals surface area contributed by atoms with Crippen LogP contribution < -0.4 is 19.5 Å². The normalized spacial score (nSPS) is 14.7. The van der Waals surface area contributed by atoms with E-state index in [4.69, 9.17) is 14.2 Å². The summed E-state index contributed by atoms with van der Waals surface area (Å²) < 4.78 is 16.4. The molecule has 6 heteroatoms. The SMILES string of the molecule is COc1ccc(C(=O)Nc2cccc(C3Cc4cccnc4O3)c2)c(OC)c1. The summed E-state index contributed by atoms with van der Waals surface area (Å²) in [6.45, 7) is 0. The number of rotatable bonds is 5. The first-order valence-electron chi connectivity index (χ1n) is 8.92. The average Bonchev–Trinajstić information content (AvgIpc) is 3.17. The summed E-state index contributed by atoms with van der Waals surface area (Å²) in [6, 6.07) is 16.7. The van der Waals surface area contributed by atoms with E-state index in [9.17, 15) is 4.79 Å². The van der Waals surface area contributed by atoms with Gasteiger partial charge in [-0.05, 0) is 35.9 Å². The molecule has 28 heavy (non-hydrogen) atoms. The van der Waals surface area contributed by atoms with Crippen molar-refractivity contribution in [3.8, 4) is 17.4 Å².